The number of amides is 2. The molecule has 3 aromatic carbocycles. The molecule has 9 rings (SSSR count). The lowest BCUT2D eigenvalue weighted by atomic mass is 9.89. The summed E-state index contributed by atoms with van der Waals surface area (Å²) in [5.41, 5.74) is 14.3. The van der Waals surface area contributed by atoms with Gasteiger partial charge in [0.2, 0.25) is 11.8 Å². The molecule has 2 atom stereocenters. The molecule has 0 spiro atoms. The van der Waals surface area contributed by atoms with Gasteiger partial charge >= 0.3 is 5.69 Å². The van der Waals surface area contributed by atoms with E-state index in [9.17, 15) is 14.4 Å². The first kappa shape index (κ1) is 36.8. The first-order valence-corrected chi connectivity index (χ1v) is 20.7. The second-order valence-electron chi connectivity index (χ2n) is 16.4. The predicted molar refractivity (Wildman–Crippen MR) is 224 cm³/mol. The van der Waals surface area contributed by atoms with Gasteiger partial charge in [-0.2, -0.15) is 0 Å². The van der Waals surface area contributed by atoms with Gasteiger partial charge in [0, 0.05) is 102 Å². The number of nitrogens with one attached hydrogen (secondary N) is 2. The van der Waals surface area contributed by atoms with E-state index < -0.39 is 11.9 Å². The van der Waals surface area contributed by atoms with Crippen LogP contribution >= 0.6 is 11.6 Å². The van der Waals surface area contributed by atoms with E-state index in [1.165, 1.54) is 36.2 Å². The van der Waals surface area contributed by atoms with Crippen molar-refractivity contribution in [3.05, 3.63) is 87.4 Å². The van der Waals surface area contributed by atoms with Gasteiger partial charge in [-0.25, -0.2) is 4.79 Å². The maximum atomic E-state index is 13.4. The maximum absolute atomic E-state index is 13.4. The van der Waals surface area contributed by atoms with Crippen molar-refractivity contribution in [1.29, 1.82) is 0 Å². The third kappa shape index (κ3) is 6.96. The number of piperidine rings is 3. The summed E-state index contributed by atoms with van der Waals surface area (Å²) in [7, 11) is 1.78. The van der Waals surface area contributed by atoms with Gasteiger partial charge in [-0.15, -0.1) is 0 Å². The second-order valence-corrected chi connectivity index (χ2v) is 16.8. The zero-order valence-corrected chi connectivity index (χ0v) is 32.9. The Labute approximate surface area is 332 Å². The second kappa shape index (κ2) is 15.3. The van der Waals surface area contributed by atoms with Crippen LogP contribution < -0.4 is 26.5 Å². The summed E-state index contributed by atoms with van der Waals surface area (Å²) in [6.07, 6.45) is 7.17. The summed E-state index contributed by atoms with van der Waals surface area (Å²) in [5, 5.41) is 4.01. The van der Waals surface area contributed by atoms with E-state index >= 15 is 0 Å². The number of aromatic amines is 1. The van der Waals surface area contributed by atoms with Crippen LogP contribution in [0.15, 0.2) is 65.6 Å². The number of para-hydroxylation sites is 1. The number of benzene rings is 3. The minimum atomic E-state index is -0.672. The molecule has 294 valence electrons. The van der Waals surface area contributed by atoms with E-state index in [1.807, 2.05) is 24.4 Å². The number of halogens is 1. The minimum Gasteiger partial charge on any atom is -0.397 e. The number of anilines is 3. The molecule has 4 saturated heterocycles. The average molecular weight is 778 g/mol. The van der Waals surface area contributed by atoms with Crippen LogP contribution in [0.25, 0.3) is 21.9 Å². The van der Waals surface area contributed by atoms with Crippen molar-refractivity contribution in [3.8, 4) is 0 Å². The maximum Gasteiger partial charge on any atom is 0.329 e. The molecule has 4 N–H and O–H groups in total. The molecule has 4 aliphatic heterocycles. The van der Waals surface area contributed by atoms with Crippen molar-refractivity contribution < 1.29 is 9.59 Å². The van der Waals surface area contributed by atoms with E-state index in [0.717, 1.165) is 99.4 Å². The van der Waals surface area contributed by atoms with Crippen molar-refractivity contribution in [1.82, 2.24) is 29.2 Å². The zero-order chi connectivity index (χ0) is 38.5. The van der Waals surface area contributed by atoms with E-state index in [0.29, 0.717) is 29.0 Å². The Kier molecular flexibility index (Phi) is 10.1. The lowest BCUT2D eigenvalue weighted by Crippen LogP contribution is -2.48. The molecule has 4 aliphatic rings. The lowest BCUT2D eigenvalue weighted by Gasteiger charge is -2.39. The Morgan fingerprint density at radius 2 is 1.61 bits per heavy atom. The van der Waals surface area contributed by atoms with E-state index in [-0.39, 0.29) is 18.0 Å². The number of nitrogen functional groups attached to an aromatic ring is 1. The number of hydrogen-bond acceptors (Lipinski definition) is 8. The van der Waals surface area contributed by atoms with Crippen LogP contribution in [-0.2, 0) is 23.2 Å². The van der Waals surface area contributed by atoms with Gasteiger partial charge in [-0.1, -0.05) is 35.9 Å². The molecule has 4 fully saturated rings. The molecule has 13 heteroatoms. The Balaban J connectivity index is 0.760. The number of aryl methyl sites for hydroxylation is 1. The summed E-state index contributed by atoms with van der Waals surface area (Å²) in [4.78, 5) is 51.3. The van der Waals surface area contributed by atoms with Gasteiger partial charge in [-0.05, 0) is 79.5 Å². The predicted octanol–water partition coefficient (Wildman–Crippen LogP) is 5.45. The third-order valence-electron chi connectivity index (χ3n) is 13.0. The van der Waals surface area contributed by atoms with Gasteiger partial charge in [-0.3, -0.25) is 28.9 Å². The van der Waals surface area contributed by atoms with Crippen LogP contribution in [-0.4, -0.2) is 94.6 Å². The van der Waals surface area contributed by atoms with E-state index in [2.05, 4.69) is 66.3 Å². The van der Waals surface area contributed by atoms with Crippen LogP contribution in [0.4, 0.5) is 17.1 Å². The smallest absolute Gasteiger partial charge is 0.329 e. The number of carbonyl (C=O) groups is 2. The van der Waals surface area contributed by atoms with Crippen molar-refractivity contribution in [2.75, 3.05) is 74.4 Å². The Bertz CT molecular complexity index is 2310. The first-order valence-electron chi connectivity index (χ1n) is 20.3. The average Bonchev–Trinajstić information content (AvgIpc) is 3.73. The summed E-state index contributed by atoms with van der Waals surface area (Å²) in [5.74, 6) is 0.503. The molecular formula is C43H52ClN9O3. The SMILES string of the molecule is Cn1c(=O)n(C2CCC(=O)NC2=O)c2cccc(CN3CCN(CC4CCN(c5ccc([C@@H]6CCCN(c7ccc(Cl)c8c(N)c[nH]c78)C6)cc5)CC4)CC3)c21. The van der Waals surface area contributed by atoms with Crippen LogP contribution in [0, 0.1) is 5.92 Å². The normalized spacial score (nSPS) is 22.0. The molecule has 0 saturated carbocycles. The summed E-state index contributed by atoms with van der Waals surface area (Å²) >= 11 is 6.49. The number of carbonyl (C=O) groups excluding carboxylic acids is 2. The number of imide groups is 1. The standard InChI is InChI=1S/C43H52ClN9O3/c1-48-41-31(4-2-6-36(41)53(43(48)56)37-13-14-38(54)47-42(37)55)26-50-22-20-49(21-23-50)25-28-15-18-51(19-16-28)32-9-7-29(8-10-32)30-5-3-17-52(27-30)35-12-11-33(44)39-34(45)24-46-40(35)39/h2,4,6-12,24,28,30,37,46H,3,5,13-23,25-27,45H2,1H3,(H,47,54,55)/t30-,37?/m1/s1. The highest BCUT2D eigenvalue weighted by atomic mass is 35.5. The highest BCUT2D eigenvalue weighted by Crippen LogP contribution is 2.38. The number of aromatic nitrogens is 3. The molecule has 2 aromatic heterocycles. The van der Waals surface area contributed by atoms with Crippen molar-refractivity contribution >= 4 is 62.4 Å². The molecule has 6 heterocycles. The monoisotopic (exact) mass is 777 g/mol. The number of nitrogens with two attached hydrogens (primary N) is 1. The number of imidazole rings is 1. The highest BCUT2D eigenvalue weighted by molar-refractivity contribution is 6.37. The molecule has 5 aromatic rings. The number of piperazine rings is 1. The summed E-state index contributed by atoms with van der Waals surface area (Å²) < 4.78 is 3.24. The van der Waals surface area contributed by atoms with Gasteiger partial charge in [0.25, 0.3) is 0 Å². The fourth-order valence-electron chi connectivity index (χ4n) is 9.89. The number of fused-ring (bicyclic) bond motifs is 2. The molecule has 1 unspecified atom stereocenters. The van der Waals surface area contributed by atoms with E-state index in [4.69, 9.17) is 17.3 Å². The number of nitrogens with zero attached hydrogens (tertiary/aromatic N) is 6. The molecule has 56 heavy (non-hydrogen) atoms. The highest BCUT2D eigenvalue weighted by Gasteiger charge is 2.32. The number of hydrogen-bond donors (Lipinski definition) is 3. The topological polar surface area (TPSA) is 128 Å². The van der Waals surface area contributed by atoms with Crippen LogP contribution in [0.2, 0.25) is 5.02 Å². The Hall–Kier alpha value is -4.78. The fraction of sp³-hybridized carbons (Fsp3) is 0.465. The zero-order valence-electron chi connectivity index (χ0n) is 32.2. The third-order valence-corrected chi connectivity index (χ3v) is 13.3. The molecular weight excluding hydrogens is 726 g/mol. The van der Waals surface area contributed by atoms with Gasteiger partial charge < -0.3 is 25.4 Å². The largest absolute Gasteiger partial charge is 0.397 e. The number of H-pyrrole nitrogens is 1. The van der Waals surface area contributed by atoms with Gasteiger partial charge in [0.05, 0.1) is 32.9 Å². The quantitative estimate of drug-likeness (QED) is 0.178. The Morgan fingerprint density at radius 1 is 0.839 bits per heavy atom. The van der Waals surface area contributed by atoms with E-state index in [1.54, 1.807) is 16.2 Å². The van der Waals surface area contributed by atoms with Crippen LogP contribution in [0.1, 0.15) is 61.6 Å². The molecule has 2 amide bonds. The molecule has 0 radical (unpaired) electrons. The van der Waals surface area contributed by atoms with Crippen LogP contribution in [0.3, 0.4) is 0 Å². The Morgan fingerprint density at radius 3 is 2.38 bits per heavy atom. The molecule has 0 bridgehead atoms. The minimum absolute atomic E-state index is 0.220. The van der Waals surface area contributed by atoms with Gasteiger partial charge in [0.1, 0.15) is 6.04 Å². The van der Waals surface area contributed by atoms with Crippen molar-refractivity contribution in [2.24, 2.45) is 13.0 Å². The van der Waals surface area contributed by atoms with Crippen molar-refractivity contribution in [2.45, 2.75) is 57.0 Å². The van der Waals surface area contributed by atoms with Crippen LogP contribution in [0.5, 0.6) is 0 Å². The lowest BCUT2D eigenvalue weighted by molar-refractivity contribution is -0.135. The number of rotatable bonds is 8. The summed E-state index contributed by atoms with van der Waals surface area (Å²) in [6, 6.07) is 18.8. The van der Waals surface area contributed by atoms with Crippen molar-refractivity contribution in [3.63, 3.8) is 0 Å². The molecule has 0 aliphatic carbocycles. The van der Waals surface area contributed by atoms with Gasteiger partial charge in [0.15, 0.2) is 0 Å². The summed E-state index contributed by atoms with van der Waals surface area (Å²) in [6.45, 7) is 10.1. The fourth-order valence-corrected chi connectivity index (χ4v) is 10.2. The molecule has 12 nitrogen and oxygen atoms in total. The first-order chi connectivity index (χ1) is 27.2.